The molecule has 2 heterocycles. The second-order valence-electron chi connectivity index (χ2n) is 7.14. The minimum absolute atomic E-state index is 0.102. The molecule has 0 radical (unpaired) electrons. The van der Waals surface area contributed by atoms with Gasteiger partial charge in [0.15, 0.2) is 5.78 Å². The zero-order valence-electron chi connectivity index (χ0n) is 16.2. The summed E-state index contributed by atoms with van der Waals surface area (Å²) < 4.78 is 10.8. The van der Waals surface area contributed by atoms with Crippen LogP contribution in [0.3, 0.4) is 0 Å². The minimum Gasteiger partial charge on any atom is -0.497 e. The van der Waals surface area contributed by atoms with Gasteiger partial charge in [-0.15, -0.1) is 0 Å². The summed E-state index contributed by atoms with van der Waals surface area (Å²) in [5.41, 5.74) is 0.826. The minimum atomic E-state index is 0.102. The first kappa shape index (κ1) is 19.8. The molecule has 4 rings (SSSR count). The largest absolute Gasteiger partial charge is 0.497 e. The second kappa shape index (κ2) is 9.31. The standard InChI is InChI=1S/C21H25NO3.CH4O/c1-24-20-7-6-15-11-17(5-4-16(15)12-20)21(23)18-3-2-9-22(13-18)19-8-10-25-14-19;1-2/h4-7,11-12,18-19H,2-3,8-10,13-14H2,1H3;2H,1H3. The Morgan fingerprint density at radius 1 is 1.15 bits per heavy atom. The van der Waals surface area contributed by atoms with Crippen molar-refractivity contribution in [3.05, 3.63) is 42.0 Å². The molecule has 0 aromatic heterocycles. The lowest BCUT2D eigenvalue weighted by atomic mass is 9.88. The van der Waals surface area contributed by atoms with Gasteiger partial charge in [-0.1, -0.05) is 18.2 Å². The molecule has 5 nitrogen and oxygen atoms in total. The van der Waals surface area contributed by atoms with Gasteiger partial charge in [0.05, 0.1) is 13.7 Å². The Morgan fingerprint density at radius 2 is 1.93 bits per heavy atom. The number of ether oxygens (including phenoxy) is 2. The van der Waals surface area contributed by atoms with Crippen molar-refractivity contribution in [2.75, 3.05) is 40.5 Å². The van der Waals surface area contributed by atoms with Crippen molar-refractivity contribution in [2.24, 2.45) is 5.92 Å². The van der Waals surface area contributed by atoms with Crippen LogP contribution in [0.2, 0.25) is 0 Å². The molecule has 0 aliphatic carbocycles. The molecule has 27 heavy (non-hydrogen) atoms. The van der Waals surface area contributed by atoms with E-state index in [-0.39, 0.29) is 11.7 Å². The number of ketones is 1. The molecule has 2 aromatic carbocycles. The summed E-state index contributed by atoms with van der Waals surface area (Å²) in [4.78, 5) is 15.5. The van der Waals surface area contributed by atoms with E-state index in [1.165, 1.54) is 0 Å². The summed E-state index contributed by atoms with van der Waals surface area (Å²) in [6.07, 6.45) is 3.18. The van der Waals surface area contributed by atoms with Gasteiger partial charge >= 0.3 is 0 Å². The van der Waals surface area contributed by atoms with Gasteiger partial charge in [0.2, 0.25) is 0 Å². The lowest BCUT2D eigenvalue weighted by Crippen LogP contribution is -2.45. The SMILES string of the molecule is CO.COc1ccc2cc(C(=O)C3CCCN(C4CCOC4)C3)ccc2c1. The first-order chi connectivity index (χ1) is 13.2. The van der Waals surface area contributed by atoms with Crippen molar-refractivity contribution in [2.45, 2.75) is 25.3 Å². The highest BCUT2D eigenvalue weighted by molar-refractivity contribution is 6.01. The third-order valence-electron chi connectivity index (χ3n) is 5.58. The highest BCUT2D eigenvalue weighted by Gasteiger charge is 2.31. The molecular weight excluding hydrogens is 342 g/mol. The van der Waals surface area contributed by atoms with E-state index < -0.39 is 0 Å². The number of hydrogen-bond donors (Lipinski definition) is 1. The van der Waals surface area contributed by atoms with Gasteiger partial charge in [0.25, 0.3) is 0 Å². The number of aliphatic hydroxyl groups is 1. The number of likely N-dealkylation sites (tertiary alicyclic amines) is 1. The topological polar surface area (TPSA) is 59.0 Å². The van der Waals surface area contributed by atoms with Crippen LogP contribution in [0.15, 0.2) is 36.4 Å². The summed E-state index contributed by atoms with van der Waals surface area (Å²) >= 11 is 0. The van der Waals surface area contributed by atoms with Crippen LogP contribution in [-0.2, 0) is 4.74 Å². The number of carbonyl (C=O) groups is 1. The van der Waals surface area contributed by atoms with Crippen molar-refractivity contribution in [1.82, 2.24) is 4.90 Å². The number of nitrogens with zero attached hydrogens (tertiary/aromatic N) is 1. The van der Waals surface area contributed by atoms with Crippen molar-refractivity contribution in [3.8, 4) is 5.75 Å². The summed E-state index contributed by atoms with van der Waals surface area (Å²) in [7, 11) is 2.67. The molecule has 2 unspecified atom stereocenters. The quantitative estimate of drug-likeness (QED) is 0.837. The van der Waals surface area contributed by atoms with Gasteiger partial charge in [-0.2, -0.15) is 0 Å². The third-order valence-corrected chi connectivity index (χ3v) is 5.58. The fraction of sp³-hybridized carbons (Fsp3) is 0.500. The van der Waals surface area contributed by atoms with E-state index in [0.717, 1.165) is 74.8 Å². The van der Waals surface area contributed by atoms with E-state index in [1.54, 1.807) is 7.11 Å². The molecule has 2 aromatic rings. The second-order valence-corrected chi connectivity index (χ2v) is 7.14. The highest BCUT2D eigenvalue weighted by Crippen LogP contribution is 2.27. The molecule has 2 saturated heterocycles. The van der Waals surface area contributed by atoms with Crippen LogP contribution in [0.25, 0.3) is 10.8 Å². The van der Waals surface area contributed by atoms with Gasteiger partial charge in [-0.3, -0.25) is 9.69 Å². The smallest absolute Gasteiger partial charge is 0.167 e. The van der Waals surface area contributed by atoms with Crippen LogP contribution in [0, 0.1) is 5.92 Å². The molecule has 2 aliphatic rings. The summed E-state index contributed by atoms with van der Waals surface area (Å²) in [6, 6.07) is 12.5. The van der Waals surface area contributed by atoms with Crippen LogP contribution >= 0.6 is 0 Å². The molecule has 0 saturated carbocycles. The maximum atomic E-state index is 13.0. The predicted octanol–water partition coefficient (Wildman–Crippen LogP) is 3.14. The fourth-order valence-corrected chi connectivity index (χ4v) is 4.10. The molecule has 2 atom stereocenters. The Labute approximate surface area is 160 Å². The molecule has 146 valence electrons. The summed E-state index contributed by atoms with van der Waals surface area (Å²) in [6.45, 7) is 3.63. The zero-order chi connectivity index (χ0) is 19.2. The maximum absolute atomic E-state index is 13.0. The van der Waals surface area contributed by atoms with Crippen LogP contribution in [0.5, 0.6) is 5.75 Å². The van der Waals surface area contributed by atoms with Gasteiger partial charge < -0.3 is 14.6 Å². The fourth-order valence-electron chi connectivity index (χ4n) is 4.10. The van der Waals surface area contributed by atoms with E-state index >= 15 is 0 Å². The Bertz CT molecular complexity index is 770. The molecule has 1 N–H and O–H groups in total. The van der Waals surface area contributed by atoms with Gasteiger partial charge in [0, 0.05) is 37.8 Å². The van der Waals surface area contributed by atoms with Crippen molar-refractivity contribution >= 4 is 16.6 Å². The number of piperidine rings is 1. The Morgan fingerprint density at radius 3 is 2.67 bits per heavy atom. The van der Waals surface area contributed by atoms with E-state index in [4.69, 9.17) is 14.6 Å². The Kier molecular flexibility index (Phi) is 6.83. The predicted molar refractivity (Wildman–Crippen MR) is 106 cm³/mol. The molecule has 2 aliphatic heterocycles. The van der Waals surface area contributed by atoms with Crippen molar-refractivity contribution in [1.29, 1.82) is 0 Å². The van der Waals surface area contributed by atoms with Crippen molar-refractivity contribution < 1.29 is 19.4 Å². The van der Waals surface area contributed by atoms with Crippen LogP contribution in [0.4, 0.5) is 0 Å². The average molecular weight is 371 g/mol. The highest BCUT2D eigenvalue weighted by atomic mass is 16.5. The van der Waals surface area contributed by atoms with Gasteiger partial charge in [-0.05, 0) is 54.8 Å². The molecule has 5 heteroatoms. The number of Topliss-reactive ketones (excluding diaryl/α,β-unsaturated/α-hetero) is 1. The first-order valence-corrected chi connectivity index (χ1v) is 9.63. The number of carbonyl (C=O) groups excluding carboxylic acids is 1. The van der Waals surface area contributed by atoms with Crippen molar-refractivity contribution in [3.63, 3.8) is 0 Å². The molecule has 0 bridgehead atoms. The molecule has 0 amide bonds. The Hall–Kier alpha value is -1.95. The third kappa shape index (κ3) is 4.49. The molecular formula is C22H29NO4. The summed E-state index contributed by atoms with van der Waals surface area (Å²) in [5.74, 6) is 1.22. The van der Waals surface area contributed by atoms with Gasteiger partial charge in [-0.25, -0.2) is 0 Å². The average Bonchev–Trinajstić information content (AvgIpc) is 3.29. The lowest BCUT2D eigenvalue weighted by molar-refractivity contribution is 0.0723. The van der Waals surface area contributed by atoms with E-state index in [9.17, 15) is 4.79 Å². The number of benzene rings is 2. The molecule has 2 fully saturated rings. The Balaban J connectivity index is 0.00000102. The number of rotatable bonds is 4. The first-order valence-electron chi connectivity index (χ1n) is 9.63. The number of aliphatic hydroxyl groups excluding tert-OH is 1. The van der Waals surface area contributed by atoms with E-state index in [2.05, 4.69) is 4.90 Å². The van der Waals surface area contributed by atoms with E-state index in [0.29, 0.717) is 6.04 Å². The summed E-state index contributed by atoms with van der Waals surface area (Å²) in [5, 5.41) is 9.19. The van der Waals surface area contributed by atoms with E-state index in [1.807, 2.05) is 36.4 Å². The van der Waals surface area contributed by atoms with Crippen LogP contribution < -0.4 is 4.74 Å². The number of methoxy groups -OCH3 is 1. The normalized spacial score (nSPS) is 22.9. The van der Waals surface area contributed by atoms with Crippen LogP contribution in [-0.4, -0.2) is 62.4 Å². The van der Waals surface area contributed by atoms with Gasteiger partial charge in [0.1, 0.15) is 5.75 Å². The number of hydrogen-bond acceptors (Lipinski definition) is 5. The zero-order valence-corrected chi connectivity index (χ0v) is 16.2. The molecule has 0 spiro atoms. The monoisotopic (exact) mass is 371 g/mol. The maximum Gasteiger partial charge on any atom is 0.167 e. The van der Waals surface area contributed by atoms with Crippen LogP contribution in [0.1, 0.15) is 29.6 Å². The lowest BCUT2D eigenvalue weighted by Gasteiger charge is -2.35. The number of fused-ring (bicyclic) bond motifs is 1.